The topological polar surface area (TPSA) is 20.3 Å². The molecular weight excluding hydrogens is 234 g/mol. The van der Waals surface area contributed by atoms with Crippen molar-refractivity contribution >= 4 is 6.41 Å². The van der Waals surface area contributed by atoms with Crippen molar-refractivity contribution in [1.29, 1.82) is 0 Å². The Morgan fingerprint density at radius 1 is 0.842 bits per heavy atom. The summed E-state index contributed by atoms with van der Waals surface area (Å²) >= 11 is 0. The molecule has 0 aromatic heterocycles. The fourth-order valence-corrected chi connectivity index (χ4v) is 2.08. The molecule has 97 valence electrons. The van der Waals surface area contributed by atoms with E-state index in [1.165, 1.54) is 5.56 Å². The third-order valence-electron chi connectivity index (χ3n) is 3.08. The summed E-state index contributed by atoms with van der Waals surface area (Å²) in [5, 5.41) is 0. The van der Waals surface area contributed by atoms with Crippen LogP contribution in [0.5, 0.6) is 0 Å². The SMILES string of the molecule is O=[C]N(CCCc1ccccc1)Cc1ccccc1. The largest absolute Gasteiger partial charge is 0.330 e. The lowest BCUT2D eigenvalue weighted by molar-refractivity contribution is 0.368. The van der Waals surface area contributed by atoms with Crippen molar-refractivity contribution in [2.24, 2.45) is 0 Å². The molecule has 19 heavy (non-hydrogen) atoms. The van der Waals surface area contributed by atoms with Crippen LogP contribution in [0.4, 0.5) is 0 Å². The summed E-state index contributed by atoms with van der Waals surface area (Å²) in [6, 6.07) is 20.4. The van der Waals surface area contributed by atoms with Gasteiger partial charge in [0.25, 0.3) is 0 Å². The molecule has 0 saturated carbocycles. The van der Waals surface area contributed by atoms with Crippen LogP contribution in [0.2, 0.25) is 0 Å². The fraction of sp³-hybridized carbons (Fsp3) is 0.235. The van der Waals surface area contributed by atoms with E-state index in [1.54, 1.807) is 4.90 Å². The van der Waals surface area contributed by atoms with Gasteiger partial charge in [-0.1, -0.05) is 60.7 Å². The maximum absolute atomic E-state index is 11.0. The van der Waals surface area contributed by atoms with Gasteiger partial charge < -0.3 is 4.90 Å². The van der Waals surface area contributed by atoms with Crippen LogP contribution in [-0.2, 0) is 17.8 Å². The Morgan fingerprint density at radius 3 is 2.00 bits per heavy atom. The van der Waals surface area contributed by atoms with Crippen LogP contribution in [0, 0.1) is 0 Å². The first-order chi connectivity index (χ1) is 9.38. The molecule has 2 aromatic carbocycles. The quantitative estimate of drug-likeness (QED) is 0.693. The summed E-state index contributed by atoms with van der Waals surface area (Å²) in [7, 11) is 0. The summed E-state index contributed by atoms with van der Waals surface area (Å²) < 4.78 is 0. The van der Waals surface area contributed by atoms with Gasteiger partial charge in [-0.05, 0) is 24.0 Å². The second kappa shape index (κ2) is 7.37. The number of carbonyl (C=O) groups excluding carboxylic acids is 1. The minimum Gasteiger partial charge on any atom is -0.330 e. The molecule has 0 heterocycles. The van der Waals surface area contributed by atoms with Gasteiger partial charge in [0.1, 0.15) is 0 Å². The number of hydrogen-bond donors (Lipinski definition) is 0. The van der Waals surface area contributed by atoms with E-state index in [2.05, 4.69) is 12.1 Å². The van der Waals surface area contributed by atoms with Crippen LogP contribution in [0.3, 0.4) is 0 Å². The highest BCUT2D eigenvalue weighted by molar-refractivity contribution is 5.48. The monoisotopic (exact) mass is 252 g/mol. The predicted octanol–water partition coefficient (Wildman–Crippen LogP) is 3.19. The van der Waals surface area contributed by atoms with Crippen LogP contribution in [-0.4, -0.2) is 17.9 Å². The first kappa shape index (κ1) is 13.3. The Kier molecular flexibility index (Phi) is 5.17. The second-order valence-electron chi connectivity index (χ2n) is 4.59. The molecule has 2 rings (SSSR count). The molecule has 0 aliphatic carbocycles. The third-order valence-corrected chi connectivity index (χ3v) is 3.08. The Morgan fingerprint density at radius 2 is 1.42 bits per heavy atom. The molecule has 0 saturated heterocycles. The zero-order chi connectivity index (χ0) is 13.3. The molecule has 2 nitrogen and oxygen atoms in total. The smallest absolute Gasteiger partial charge is 0.312 e. The average Bonchev–Trinajstić information content (AvgIpc) is 2.48. The van der Waals surface area contributed by atoms with E-state index in [0.717, 1.165) is 24.9 Å². The standard InChI is InChI=1S/C17H18NO/c19-15-18(14-17-10-5-2-6-11-17)13-7-12-16-8-3-1-4-9-16/h1-6,8-11H,7,12-14H2. The van der Waals surface area contributed by atoms with Gasteiger partial charge in [0.05, 0.1) is 0 Å². The molecule has 0 aliphatic heterocycles. The maximum atomic E-state index is 11.0. The van der Waals surface area contributed by atoms with E-state index in [1.807, 2.05) is 54.9 Å². The molecule has 0 unspecified atom stereocenters. The van der Waals surface area contributed by atoms with Gasteiger partial charge in [0.15, 0.2) is 0 Å². The summed E-state index contributed by atoms with van der Waals surface area (Å²) in [6.07, 6.45) is 3.98. The molecule has 0 aliphatic rings. The van der Waals surface area contributed by atoms with Crippen LogP contribution < -0.4 is 0 Å². The first-order valence-electron chi connectivity index (χ1n) is 6.59. The second-order valence-corrected chi connectivity index (χ2v) is 4.59. The highest BCUT2D eigenvalue weighted by Gasteiger charge is 2.03. The number of hydrogen-bond acceptors (Lipinski definition) is 1. The Balaban J connectivity index is 1.78. The minimum absolute atomic E-state index is 0.638. The predicted molar refractivity (Wildman–Crippen MR) is 77.3 cm³/mol. The van der Waals surface area contributed by atoms with Crippen molar-refractivity contribution in [3.05, 3.63) is 71.8 Å². The van der Waals surface area contributed by atoms with Crippen LogP contribution in [0.25, 0.3) is 0 Å². The Hall–Kier alpha value is -2.09. The molecule has 0 bridgehead atoms. The normalized spacial score (nSPS) is 10.1. The lowest BCUT2D eigenvalue weighted by atomic mass is 10.1. The molecule has 1 radical (unpaired) electrons. The van der Waals surface area contributed by atoms with Crippen molar-refractivity contribution in [3.8, 4) is 0 Å². The van der Waals surface area contributed by atoms with Gasteiger partial charge in [-0.25, -0.2) is 0 Å². The molecule has 0 N–H and O–H groups in total. The van der Waals surface area contributed by atoms with Crippen LogP contribution in [0.15, 0.2) is 60.7 Å². The number of benzene rings is 2. The highest BCUT2D eigenvalue weighted by Crippen LogP contribution is 2.06. The van der Waals surface area contributed by atoms with Crippen molar-refractivity contribution < 1.29 is 4.79 Å². The van der Waals surface area contributed by atoms with E-state index in [-0.39, 0.29) is 0 Å². The summed E-state index contributed by atoms with van der Waals surface area (Å²) in [5.41, 5.74) is 2.46. The van der Waals surface area contributed by atoms with Gasteiger partial charge >= 0.3 is 6.41 Å². The zero-order valence-electron chi connectivity index (χ0n) is 11.0. The van der Waals surface area contributed by atoms with E-state index >= 15 is 0 Å². The average molecular weight is 252 g/mol. The van der Waals surface area contributed by atoms with Crippen molar-refractivity contribution in [3.63, 3.8) is 0 Å². The van der Waals surface area contributed by atoms with E-state index < -0.39 is 0 Å². The van der Waals surface area contributed by atoms with Crippen molar-refractivity contribution in [2.75, 3.05) is 6.54 Å². The number of nitrogens with zero attached hydrogens (tertiary/aromatic N) is 1. The third kappa shape index (κ3) is 4.59. The van der Waals surface area contributed by atoms with Gasteiger partial charge in [0, 0.05) is 13.1 Å². The summed E-state index contributed by atoms with van der Waals surface area (Å²) in [5.74, 6) is 0. The number of rotatable bonds is 7. The lowest BCUT2D eigenvalue weighted by Gasteiger charge is -2.16. The Bertz CT molecular complexity index is 481. The number of amides is 1. The first-order valence-corrected chi connectivity index (χ1v) is 6.59. The van der Waals surface area contributed by atoms with Gasteiger partial charge in [-0.3, -0.25) is 4.79 Å². The highest BCUT2D eigenvalue weighted by atomic mass is 16.1. The molecule has 2 aromatic rings. The van der Waals surface area contributed by atoms with Crippen molar-refractivity contribution in [2.45, 2.75) is 19.4 Å². The van der Waals surface area contributed by atoms with Gasteiger partial charge in [-0.15, -0.1) is 0 Å². The zero-order valence-corrected chi connectivity index (χ0v) is 11.0. The van der Waals surface area contributed by atoms with E-state index in [4.69, 9.17) is 0 Å². The van der Waals surface area contributed by atoms with E-state index in [0.29, 0.717) is 6.54 Å². The lowest BCUT2D eigenvalue weighted by Crippen LogP contribution is -2.22. The maximum Gasteiger partial charge on any atom is 0.312 e. The molecular formula is C17H18NO. The molecule has 0 atom stereocenters. The fourth-order valence-electron chi connectivity index (χ4n) is 2.08. The molecule has 0 spiro atoms. The van der Waals surface area contributed by atoms with E-state index in [9.17, 15) is 4.79 Å². The van der Waals surface area contributed by atoms with Crippen molar-refractivity contribution in [1.82, 2.24) is 4.90 Å². The summed E-state index contributed by atoms with van der Waals surface area (Å²) in [6.45, 7) is 1.38. The molecule has 1 amide bonds. The Labute approximate surface area is 114 Å². The van der Waals surface area contributed by atoms with Crippen LogP contribution >= 0.6 is 0 Å². The summed E-state index contributed by atoms with van der Waals surface area (Å²) in [4.78, 5) is 12.7. The van der Waals surface area contributed by atoms with Gasteiger partial charge in [0.2, 0.25) is 0 Å². The van der Waals surface area contributed by atoms with Crippen LogP contribution in [0.1, 0.15) is 17.5 Å². The molecule has 2 heteroatoms. The number of aryl methyl sites for hydroxylation is 1. The molecule has 0 fully saturated rings. The van der Waals surface area contributed by atoms with Gasteiger partial charge in [-0.2, -0.15) is 0 Å². The minimum atomic E-state index is 0.638.